The minimum atomic E-state index is -0.0811. The van der Waals surface area contributed by atoms with Crippen molar-refractivity contribution in [2.24, 2.45) is 5.92 Å². The first-order valence-corrected chi connectivity index (χ1v) is 6.39. The number of benzene rings is 1. The maximum atomic E-state index is 11.4. The summed E-state index contributed by atoms with van der Waals surface area (Å²) < 4.78 is 4.77. The standard InChI is InChI=1S/C14H20N2O2/c1-18-14(17)12-7-8-13(9-12)16-15-10-11-5-3-2-4-6-11/h2-6,12-13,15-16H,7-10H2,1H3. The van der Waals surface area contributed by atoms with Crippen molar-refractivity contribution < 1.29 is 9.53 Å². The first-order valence-electron chi connectivity index (χ1n) is 6.39. The van der Waals surface area contributed by atoms with Gasteiger partial charge in [-0.2, -0.15) is 0 Å². The molecule has 0 aliphatic heterocycles. The van der Waals surface area contributed by atoms with Gasteiger partial charge in [0, 0.05) is 12.6 Å². The van der Waals surface area contributed by atoms with Gasteiger partial charge in [-0.1, -0.05) is 30.3 Å². The third kappa shape index (κ3) is 3.55. The van der Waals surface area contributed by atoms with Crippen LogP contribution in [-0.4, -0.2) is 19.1 Å². The summed E-state index contributed by atoms with van der Waals surface area (Å²) in [5, 5.41) is 0. The van der Waals surface area contributed by atoms with Gasteiger partial charge < -0.3 is 4.74 Å². The van der Waals surface area contributed by atoms with Crippen LogP contribution < -0.4 is 10.9 Å². The zero-order valence-electron chi connectivity index (χ0n) is 10.7. The summed E-state index contributed by atoms with van der Waals surface area (Å²) >= 11 is 0. The summed E-state index contributed by atoms with van der Waals surface area (Å²) in [6.07, 6.45) is 2.79. The van der Waals surface area contributed by atoms with Crippen LogP contribution in [0.3, 0.4) is 0 Å². The van der Waals surface area contributed by atoms with Crippen LogP contribution in [0.2, 0.25) is 0 Å². The van der Waals surface area contributed by atoms with Crippen molar-refractivity contribution in [1.29, 1.82) is 0 Å². The molecule has 18 heavy (non-hydrogen) atoms. The maximum Gasteiger partial charge on any atom is 0.308 e. The Morgan fingerprint density at radius 3 is 2.83 bits per heavy atom. The zero-order chi connectivity index (χ0) is 12.8. The number of nitrogens with one attached hydrogen (secondary N) is 2. The quantitative estimate of drug-likeness (QED) is 0.614. The first-order chi connectivity index (χ1) is 8.79. The highest BCUT2D eigenvalue weighted by Crippen LogP contribution is 2.26. The van der Waals surface area contributed by atoms with Gasteiger partial charge in [-0.05, 0) is 24.8 Å². The van der Waals surface area contributed by atoms with E-state index in [4.69, 9.17) is 4.74 Å². The number of carbonyl (C=O) groups is 1. The Balaban J connectivity index is 1.68. The van der Waals surface area contributed by atoms with Gasteiger partial charge in [0.2, 0.25) is 0 Å². The fourth-order valence-electron chi connectivity index (χ4n) is 2.39. The van der Waals surface area contributed by atoms with Gasteiger partial charge in [-0.25, -0.2) is 0 Å². The van der Waals surface area contributed by atoms with Gasteiger partial charge in [0.1, 0.15) is 0 Å². The highest BCUT2D eigenvalue weighted by Gasteiger charge is 2.30. The van der Waals surface area contributed by atoms with Crippen LogP contribution in [0.15, 0.2) is 30.3 Å². The lowest BCUT2D eigenvalue weighted by molar-refractivity contribution is -0.145. The van der Waals surface area contributed by atoms with Crippen LogP contribution in [0.1, 0.15) is 24.8 Å². The van der Waals surface area contributed by atoms with Gasteiger partial charge in [0.05, 0.1) is 13.0 Å². The fraction of sp³-hybridized carbons (Fsp3) is 0.500. The molecule has 1 aromatic carbocycles. The van der Waals surface area contributed by atoms with E-state index in [9.17, 15) is 4.79 Å². The molecular formula is C14H20N2O2. The normalized spacial score (nSPS) is 22.9. The zero-order valence-corrected chi connectivity index (χ0v) is 10.7. The van der Waals surface area contributed by atoms with E-state index in [1.54, 1.807) is 0 Å². The number of hydrogen-bond acceptors (Lipinski definition) is 4. The summed E-state index contributed by atoms with van der Waals surface area (Å²) in [7, 11) is 1.46. The number of methoxy groups -OCH3 is 1. The number of hydrazine groups is 1. The van der Waals surface area contributed by atoms with Crippen LogP contribution in [0.5, 0.6) is 0 Å². The second-order valence-corrected chi connectivity index (χ2v) is 4.71. The molecule has 0 amide bonds. The van der Waals surface area contributed by atoms with Crippen molar-refractivity contribution in [1.82, 2.24) is 10.9 Å². The third-order valence-electron chi connectivity index (χ3n) is 3.41. The molecule has 2 unspecified atom stereocenters. The smallest absolute Gasteiger partial charge is 0.308 e. The van der Waals surface area contributed by atoms with E-state index in [1.807, 2.05) is 18.2 Å². The average molecular weight is 248 g/mol. The molecular weight excluding hydrogens is 228 g/mol. The van der Waals surface area contributed by atoms with Crippen molar-refractivity contribution in [2.45, 2.75) is 31.8 Å². The Hall–Kier alpha value is -1.39. The van der Waals surface area contributed by atoms with E-state index in [2.05, 4.69) is 23.0 Å². The third-order valence-corrected chi connectivity index (χ3v) is 3.41. The van der Waals surface area contributed by atoms with Crippen LogP contribution in [0.4, 0.5) is 0 Å². The lowest BCUT2D eigenvalue weighted by Gasteiger charge is -2.13. The lowest BCUT2D eigenvalue weighted by atomic mass is 10.1. The minimum Gasteiger partial charge on any atom is -0.469 e. The Morgan fingerprint density at radius 2 is 2.11 bits per heavy atom. The van der Waals surface area contributed by atoms with Crippen molar-refractivity contribution in [3.05, 3.63) is 35.9 Å². The number of ether oxygens (including phenoxy) is 1. The minimum absolute atomic E-state index is 0.0611. The second-order valence-electron chi connectivity index (χ2n) is 4.71. The van der Waals surface area contributed by atoms with Crippen molar-refractivity contribution >= 4 is 5.97 Å². The van der Waals surface area contributed by atoms with Gasteiger partial charge in [0.25, 0.3) is 0 Å². The highest BCUT2D eigenvalue weighted by molar-refractivity contribution is 5.72. The van der Waals surface area contributed by atoms with Crippen molar-refractivity contribution in [3.8, 4) is 0 Å². The molecule has 1 aliphatic carbocycles. The molecule has 4 heteroatoms. The molecule has 0 spiro atoms. The van der Waals surface area contributed by atoms with Gasteiger partial charge >= 0.3 is 5.97 Å². The topological polar surface area (TPSA) is 50.4 Å². The molecule has 0 aromatic heterocycles. The first kappa shape index (κ1) is 13.1. The molecule has 1 aromatic rings. The Morgan fingerprint density at radius 1 is 1.33 bits per heavy atom. The van der Waals surface area contributed by atoms with Crippen LogP contribution >= 0.6 is 0 Å². The summed E-state index contributed by atoms with van der Waals surface area (Å²) in [5.74, 6) is -0.0200. The van der Waals surface area contributed by atoms with E-state index in [0.717, 1.165) is 25.8 Å². The molecule has 1 fully saturated rings. The van der Waals surface area contributed by atoms with Crippen LogP contribution in [-0.2, 0) is 16.1 Å². The molecule has 0 saturated heterocycles. The van der Waals surface area contributed by atoms with Gasteiger partial charge in [-0.3, -0.25) is 15.6 Å². The maximum absolute atomic E-state index is 11.4. The van der Waals surface area contributed by atoms with E-state index >= 15 is 0 Å². The number of carbonyl (C=O) groups excluding carboxylic acids is 1. The fourth-order valence-corrected chi connectivity index (χ4v) is 2.39. The summed E-state index contributed by atoms with van der Waals surface area (Å²) in [6, 6.07) is 10.6. The van der Waals surface area contributed by atoms with E-state index in [1.165, 1.54) is 12.7 Å². The monoisotopic (exact) mass is 248 g/mol. The lowest BCUT2D eigenvalue weighted by Crippen LogP contribution is -2.39. The predicted octanol–water partition coefficient (Wildman–Crippen LogP) is 1.62. The van der Waals surface area contributed by atoms with E-state index < -0.39 is 0 Å². The second kappa shape index (κ2) is 6.52. The number of rotatable bonds is 5. The molecule has 0 bridgehead atoms. The predicted molar refractivity (Wildman–Crippen MR) is 69.6 cm³/mol. The van der Waals surface area contributed by atoms with Gasteiger partial charge in [-0.15, -0.1) is 0 Å². The highest BCUT2D eigenvalue weighted by atomic mass is 16.5. The number of hydrogen-bond donors (Lipinski definition) is 2. The van der Waals surface area contributed by atoms with Crippen molar-refractivity contribution in [2.75, 3.05) is 7.11 Å². The molecule has 1 aliphatic rings. The van der Waals surface area contributed by atoms with E-state index in [0.29, 0.717) is 6.04 Å². The largest absolute Gasteiger partial charge is 0.469 e. The molecule has 1 saturated carbocycles. The number of esters is 1. The molecule has 0 radical (unpaired) electrons. The summed E-state index contributed by atoms with van der Waals surface area (Å²) in [6.45, 7) is 0.792. The molecule has 2 N–H and O–H groups in total. The summed E-state index contributed by atoms with van der Waals surface area (Å²) in [5.41, 5.74) is 7.74. The Bertz CT molecular complexity index is 381. The van der Waals surface area contributed by atoms with Gasteiger partial charge in [0.15, 0.2) is 0 Å². The molecule has 2 atom stereocenters. The molecule has 0 heterocycles. The molecule has 2 rings (SSSR count). The Labute approximate surface area is 108 Å². The van der Waals surface area contributed by atoms with Crippen molar-refractivity contribution in [3.63, 3.8) is 0 Å². The van der Waals surface area contributed by atoms with Crippen LogP contribution in [0, 0.1) is 5.92 Å². The molecule has 98 valence electrons. The SMILES string of the molecule is COC(=O)C1CCC(NNCc2ccccc2)C1. The van der Waals surface area contributed by atoms with Crippen LogP contribution in [0.25, 0.3) is 0 Å². The Kier molecular flexibility index (Phi) is 4.73. The summed E-state index contributed by atoms with van der Waals surface area (Å²) in [4.78, 5) is 11.4. The molecule has 4 nitrogen and oxygen atoms in total. The average Bonchev–Trinajstić information content (AvgIpc) is 2.88. The van der Waals surface area contributed by atoms with E-state index in [-0.39, 0.29) is 11.9 Å².